The maximum absolute atomic E-state index is 12.5. The summed E-state index contributed by atoms with van der Waals surface area (Å²) < 4.78 is 12.2. The molecule has 0 saturated carbocycles. The van der Waals surface area contributed by atoms with Crippen LogP contribution in [0.4, 0.5) is 0 Å². The molecule has 22 heavy (non-hydrogen) atoms. The lowest BCUT2D eigenvalue weighted by Gasteiger charge is -2.18. The molecule has 1 aromatic rings. The van der Waals surface area contributed by atoms with Crippen molar-refractivity contribution in [2.45, 2.75) is 39.2 Å². The van der Waals surface area contributed by atoms with Gasteiger partial charge in [0.2, 0.25) is 0 Å². The van der Waals surface area contributed by atoms with Crippen molar-refractivity contribution < 1.29 is 14.3 Å². The van der Waals surface area contributed by atoms with Gasteiger partial charge in [-0.15, -0.1) is 0 Å². The summed E-state index contributed by atoms with van der Waals surface area (Å²) >= 11 is 0. The molecule has 1 aliphatic heterocycles. The van der Waals surface area contributed by atoms with Crippen molar-refractivity contribution in [2.75, 3.05) is 26.9 Å². The van der Waals surface area contributed by atoms with E-state index in [0.29, 0.717) is 37.6 Å². The van der Waals surface area contributed by atoms with Crippen LogP contribution in [0.2, 0.25) is 0 Å². The average Bonchev–Trinajstić information content (AvgIpc) is 2.74. The van der Waals surface area contributed by atoms with E-state index in [0.717, 1.165) is 31.4 Å². The quantitative estimate of drug-likeness (QED) is 0.805. The van der Waals surface area contributed by atoms with E-state index in [9.17, 15) is 9.59 Å². The van der Waals surface area contributed by atoms with Crippen LogP contribution < -0.4 is 15.6 Å². The zero-order valence-electron chi connectivity index (χ0n) is 13.3. The summed E-state index contributed by atoms with van der Waals surface area (Å²) in [4.78, 5) is 24.8. The van der Waals surface area contributed by atoms with Gasteiger partial charge in [-0.05, 0) is 26.2 Å². The lowest BCUT2D eigenvalue weighted by Crippen LogP contribution is -2.32. The van der Waals surface area contributed by atoms with Crippen molar-refractivity contribution in [3.63, 3.8) is 0 Å². The Morgan fingerprint density at radius 3 is 2.91 bits per heavy atom. The second-order valence-corrected chi connectivity index (χ2v) is 5.31. The first-order chi connectivity index (χ1) is 10.7. The van der Waals surface area contributed by atoms with Gasteiger partial charge in [0, 0.05) is 32.0 Å². The number of hydrogen-bond donors (Lipinski definition) is 1. The lowest BCUT2D eigenvalue weighted by atomic mass is 10.1. The van der Waals surface area contributed by atoms with Crippen LogP contribution in [0.5, 0.6) is 5.75 Å². The molecular weight excluding hydrogens is 284 g/mol. The number of methoxy groups -OCH3 is 1. The highest BCUT2D eigenvalue weighted by Crippen LogP contribution is 2.24. The van der Waals surface area contributed by atoms with Gasteiger partial charge in [-0.3, -0.25) is 9.59 Å². The molecule has 0 spiro atoms. The largest absolute Gasteiger partial charge is 0.493 e. The average molecular weight is 308 g/mol. The third-order valence-electron chi connectivity index (χ3n) is 3.80. The van der Waals surface area contributed by atoms with Crippen molar-refractivity contribution in [2.24, 2.45) is 0 Å². The summed E-state index contributed by atoms with van der Waals surface area (Å²) in [6, 6.07) is 1.43. The molecule has 0 saturated heterocycles. The fourth-order valence-electron chi connectivity index (χ4n) is 2.78. The zero-order chi connectivity index (χ0) is 15.9. The highest BCUT2D eigenvalue weighted by molar-refractivity contribution is 5.98. The van der Waals surface area contributed by atoms with E-state index in [1.807, 2.05) is 6.92 Å². The maximum atomic E-state index is 12.5. The van der Waals surface area contributed by atoms with Crippen molar-refractivity contribution in [1.82, 2.24) is 9.88 Å². The first-order valence-electron chi connectivity index (χ1n) is 7.85. The van der Waals surface area contributed by atoms with Gasteiger partial charge < -0.3 is 19.4 Å². The van der Waals surface area contributed by atoms with Crippen LogP contribution in [0.1, 0.15) is 42.2 Å². The zero-order valence-corrected chi connectivity index (χ0v) is 13.3. The minimum Gasteiger partial charge on any atom is -0.493 e. The highest BCUT2D eigenvalue weighted by Gasteiger charge is 2.23. The fourth-order valence-corrected chi connectivity index (χ4v) is 2.78. The van der Waals surface area contributed by atoms with E-state index >= 15 is 0 Å². The van der Waals surface area contributed by atoms with Crippen molar-refractivity contribution in [1.29, 1.82) is 0 Å². The van der Waals surface area contributed by atoms with E-state index in [1.165, 1.54) is 6.07 Å². The van der Waals surface area contributed by atoms with Gasteiger partial charge in [-0.25, -0.2) is 0 Å². The van der Waals surface area contributed by atoms with Crippen molar-refractivity contribution in [3.8, 4) is 5.75 Å². The Bertz CT molecular complexity index is 580. The third-order valence-corrected chi connectivity index (χ3v) is 3.80. The van der Waals surface area contributed by atoms with Crippen LogP contribution in [0, 0.1) is 0 Å². The SMILES string of the molecule is CCOc1cc(=O)n2c(c1C(=O)NCCOC)CCCCC2. The maximum Gasteiger partial charge on any atom is 0.256 e. The molecule has 0 radical (unpaired) electrons. The Morgan fingerprint density at radius 2 is 2.18 bits per heavy atom. The Kier molecular flexibility index (Phi) is 6.00. The summed E-state index contributed by atoms with van der Waals surface area (Å²) in [6.45, 7) is 3.81. The Labute approximate surface area is 130 Å². The number of nitrogens with zero attached hydrogens (tertiary/aromatic N) is 1. The third kappa shape index (κ3) is 3.68. The molecule has 0 aromatic carbocycles. The molecule has 2 rings (SSSR count). The lowest BCUT2D eigenvalue weighted by molar-refractivity contribution is 0.0931. The Morgan fingerprint density at radius 1 is 1.36 bits per heavy atom. The fraction of sp³-hybridized carbons (Fsp3) is 0.625. The molecule has 6 heteroatoms. The molecule has 1 N–H and O–H groups in total. The summed E-state index contributed by atoms with van der Waals surface area (Å²) in [5.41, 5.74) is 1.21. The molecule has 0 fully saturated rings. The Hall–Kier alpha value is -1.82. The van der Waals surface area contributed by atoms with Gasteiger partial charge in [0.25, 0.3) is 11.5 Å². The number of carbonyl (C=O) groups is 1. The molecule has 0 aliphatic carbocycles. The Balaban J connectivity index is 2.43. The van der Waals surface area contributed by atoms with E-state index in [1.54, 1.807) is 11.7 Å². The molecule has 0 bridgehead atoms. The van der Waals surface area contributed by atoms with E-state index in [-0.39, 0.29) is 11.5 Å². The molecule has 122 valence electrons. The number of carbonyl (C=O) groups excluding carboxylic acids is 1. The van der Waals surface area contributed by atoms with Crippen LogP contribution >= 0.6 is 0 Å². The monoisotopic (exact) mass is 308 g/mol. The van der Waals surface area contributed by atoms with Gasteiger partial charge in [0.15, 0.2) is 0 Å². The molecule has 0 atom stereocenters. The first-order valence-corrected chi connectivity index (χ1v) is 7.85. The number of ether oxygens (including phenoxy) is 2. The van der Waals surface area contributed by atoms with E-state index in [2.05, 4.69) is 5.32 Å². The second kappa shape index (κ2) is 7.98. The first kappa shape index (κ1) is 16.5. The number of nitrogens with one attached hydrogen (secondary N) is 1. The number of rotatable bonds is 6. The molecule has 1 aliphatic rings. The van der Waals surface area contributed by atoms with Gasteiger partial charge in [-0.1, -0.05) is 6.42 Å². The standard InChI is InChI=1S/C16H24N2O4/c1-3-22-13-11-14(19)18-9-6-4-5-7-12(18)15(13)16(20)17-8-10-21-2/h11H,3-10H2,1-2H3,(H,17,20). The number of pyridine rings is 1. The van der Waals surface area contributed by atoms with Crippen LogP contribution in [0.15, 0.2) is 10.9 Å². The van der Waals surface area contributed by atoms with Crippen molar-refractivity contribution >= 4 is 5.91 Å². The number of aromatic nitrogens is 1. The van der Waals surface area contributed by atoms with Crippen LogP contribution in [0.3, 0.4) is 0 Å². The molecule has 2 heterocycles. The van der Waals surface area contributed by atoms with E-state index < -0.39 is 0 Å². The second-order valence-electron chi connectivity index (χ2n) is 5.31. The van der Waals surface area contributed by atoms with E-state index in [4.69, 9.17) is 9.47 Å². The number of amides is 1. The van der Waals surface area contributed by atoms with Gasteiger partial charge in [0.1, 0.15) is 11.3 Å². The predicted molar refractivity (Wildman–Crippen MR) is 83.6 cm³/mol. The molecule has 1 aromatic heterocycles. The summed E-state index contributed by atoms with van der Waals surface area (Å²) in [7, 11) is 1.59. The van der Waals surface area contributed by atoms with Crippen molar-refractivity contribution in [3.05, 3.63) is 27.7 Å². The van der Waals surface area contributed by atoms with Crippen LogP contribution in [-0.4, -0.2) is 37.3 Å². The summed E-state index contributed by atoms with van der Waals surface area (Å²) in [5.74, 6) is 0.182. The normalized spacial score (nSPS) is 14.1. The topological polar surface area (TPSA) is 69.6 Å². The molecule has 0 unspecified atom stereocenters. The molecule has 6 nitrogen and oxygen atoms in total. The molecular formula is C16H24N2O4. The highest BCUT2D eigenvalue weighted by atomic mass is 16.5. The summed E-state index contributed by atoms with van der Waals surface area (Å²) in [6.07, 6.45) is 3.73. The minimum absolute atomic E-state index is 0.0891. The number of hydrogen-bond acceptors (Lipinski definition) is 4. The van der Waals surface area contributed by atoms with Gasteiger partial charge in [0.05, 0.1) is 13.2 Å². The van der Waals surface area contributed by atoms with Gasteiger partial charge in [-0.2, -0.15) is 0 Å². The number of fused-ring (bicyclic) bond motifs is 1. The van der Waals surface area contributed by atoms with Crippen LogP contribution in [0.25, 0.3) is 0 Å². The van der Waals surface area contributed by atoms with Crippen LogP contribution in [-0.2, 0) is 17.7 Å². The minimum atomic E-state index is -0.203. The summed E-state index contributed by atoms with van der Waals surface area (Å²) in [5, 5.41) is 2.83. The smallest absolute Gasteiger partial charge is 0.256 e. The predicted octanol–water partition coefficient (Wildman–Crippen LogP) is 1.35. The molecule has 1 amide bonds. The van der Waals surface area contributed by atoms with Gasteiger partial charge >= 0.3 is 0 Å².